The van der Waals surface area contributed by atoms with Gasteiger partial charge in [0.05, 0.1) is 0 Å². The van der Waals surface area contributed by atoms with Gasteiger partial charge in [0.25, 0.3) is 0 Å². The van der Waals surface area contributed by atoms with E-state index >= 15 is 0 Å². The first-order valence-electron chi connectivity index (χ1n) is 7.44. The molecule has 0 aromatic heterocycles. The zero-order valence-corrected chi connectivity index (χ0v) is 12.1. The molecule has 1 N–H and O–H groups in total. The zero-order valence-electron chi connectivity index (χ0n) is 12.1. The highest BCUT2D eigenvalue weighted by atomic mass is 19.1. The first kappa shape index (κ1) is 14.2. The van der Waals surface area contributed by atoms with Gasteiger partial charge in [-0.2, -0.15) is 0 Å². The lowest BCUT2D eigenvalue weighted by atomic mass is 9.90. The van der Waals surface area contributed by atoms with Crippen LogP contribution >= 0.6 is 0 Å². The normalized spacial score (nSPS) is 16.0. The molecule has 3 rings (SSSR count). The van der Waals surface area contributed by atoms with E-state index in [-0.39, 0.29) is 23.6 Å². The largest absolute Gasteiger partial charge is 0.310 e. The Labute approximate surface area is 124 Å². The minimum absolute atomic E-state index is 0.155. The van der Waals surface area contributed by atoms with Crippen LogP contribution in [0.1, 0.15) is 29.7 Å². The molecule has 0 heterocycles. The Kier molecular flexibility index (Phi) is 4.02. The summed E-state index contributed by atoms with van der Waals surface area (Å²) in [6.45, 7) is 2.72. The fourth-order valence-electron chi connectivity index (χ4n) is 3.33. The molecule has 1 aliphatic rings. The van der Waals surface area contributed by atoms with E-state index in [1.54, 1.807) is 0 Å². The van der Waals surface area contributed by atoms with Crippen molar-refractivity contribution in [3.05, 3.63) is 70.8 Å². The minimum Gasteiger partial charge on any atom is -0.310 e. The van der Waals surface area contributed by atoms with Crippen LogP contribution in [0.4, 0.5) is 8.78 Å². The van der Waals surface area contributed by atoms with Gasteiger partial charge in [-0.15, -0.1) is 0 Å². The van der Waals surface area contributed by atoms with Crippen LogP contribution in [-0.4, -0.2) is 6.54 Å². The molecule has 2 aromatic rings. The summed E-state index contributed by atoms with van der Waals surface area (Å²) in [6, 6.07) is 11.9. The summed E-state index contributed by atoms with van der Waals surface area (Å²) < 4.78 is 27.6. The van der Waals surface area contributed by atoms with E-state index < -0.39 is 0 Å². The van der Waals surface area contributed by atoms with E-state index in [0.717, 1.165) is 19.4 Å². The molecule has 110 valence electrons. The van der Waals surface area contributed by atoms with Crippen LogP contribution < -0.4 is 5.32 Å². The molecular formula is C18H19F2N. The molecule has 0 saturated heterocycles. The van der Waals surface area contributed by atoms with Crippen LogP contribution in [0.5, 0.6) is 0 Å². The van der Waals surface area contributed by atoms with E-state index in [2.05, 4.69) is 17.4 Å². The van der Waals surface area contributed by atoms with Crippen LogP contribution in [0.3, 0.4) is 0 Å². The third kappa shape index (κ3) is 2.84. The van der Waals surface area contributed by atoms with E-state index in [1.807, 2.05) is 19.1 Å². The lowest BCUT2D eigenvalue weighted by Gasteiger charge is -2.25. The van der Waals surface area contributed by atoms with Crippen LogP contribution in [0, 0.1) is 17.6 Å². The van der Waals surface area contributed by atoms with E-state index in [1.165, 1.54) is 29.3 Å². The predicted octanol–water partition coefficient (Wildman–Crippen LogP) is 4.03. The fraction of sp³-hybridized carbons (Fsp3) is 0.333. The Balaban J connectivity index is 1.91. The lowest BCUT2D eigenvalue weighted by molar-refractivity contribution is 0.367. The molecular weight excluding hydrogens is 268 g/mol. The first-order valence-corrected chi connectivity index (χ1v) is 7.44. The second-order valence-corrected chi connectivity index (χ2v) is 5.64. The molecule has 21 heavy (non-hydrogen) atoms. The number of hydrogen-bond donors (Lipinski definition) is 1. The number of halogens is 2. The number of fused-ring (bicyclic) bond motifs is 1. The summed E-state index contributed by atoms with van der Waals surface area (Å²) in [6.07, 6.45) is 1.81. The van der Waals surface area contributed by atoms with Gasteiger partial charge in [0.15, 0.2) is 0 Å². The number of rotatable bonds is 4. The third-order valence-electron chi connectivity index (χ3n) is 4.27. The van der Waals surface area contributed by atoms with Crippen molar-refractivity contribution in [1.29, 1.82) is 0 Å². The summed E-state index contributed by atoms with van der Waals surface area (Å²) in [5.41, 5.74) is 3.08. The van der Waals surface area contributed by atoms with Crippen molar-refractivity contribution in [2.24, 2.45) is 5.92 Å². The minimum atomic E-state index is -0.384. The van der Waals surface area contributed by atoms with Crippen molar-refractivity contribution >= 4 is 0 Å². The average Bonchev–Trinajstić information content (AvgIpc) is 2.91. The van der Waals surface area contributed by atoms with E-state index in [0.29, 0.717) is 5.56 Å². The monoisotopic (exact) mass is 287 g/mol. The lowest BCUT2D eigenvalue weighted by Crippen LogP contribution is -2.29. The van der Waals surface area contributed by atoms with Gasteiger partial charge in [-0.05, 0) is 54.6 Å². The third-order valence-corrected chi connectivity index (χ3v) is 4.27. The van der Waals surface area contributed by atoms with Gasteiger partial charge in [0, 0.05) is 11.6 Å². The standard InChI is InChI=1S/C18H19F2N/c1-2-21-18(16-11-15(19)7-8-17(16)20)14-9-12-5-3-4-6-13(12)10-14/h3-8,11,14,18,21H,2,9-10H2,1H3. The van der Waals surface area contributed by atoms with Crippen molar-refractivity contribution < 1.29 is 8.78 Å². The zero-order chi connectivity index (χ0) is 14.8. The number of hydrogen-bond acceptors (Lipinski definition) is 1. The van der Waals surface area contributed by atoms with Crippen LogP contribution in [0.15, 0.2) is 42.5 Å². The number of benzene rings is 2. The molecule has 2 aromatic carbocycles. The molecule has 1 nitrogen and oxygen atoms in total. The summed E-state index contributed by atoms with van der Waals surface area (Å²) in [7, 11) is 0. The van der Waals surface area contributed by atoms with E-state index in [4.69, 9.17) is 0 Å². The Bertz CT molecular complexity index is 614. The van der Waals surface area contributed by atoms with Crippen molar-refractivity contribution in [1.82, 2.24) is 5.32 Å². The Morgan fingerprint density at radius 2 is 1.76 bits per heavy atom. The summed E-state index contributed by atoms with van der Waals surface area (Å²) >= 11 is 0. The second kappa shape index (κ2) is 5.94. The summed E-state index contributed by atoms with van der Waals surface area (Å²) in [4.78, 5) is 0. The van der Waals surface area contributed by atoms with Gasteiger partial charge in [-0.25, -0.2) is 8.78 Å². The van der Waals surface area contributed by atoms with Crippen LogP contribution in [-0.2, 0) is 12.8 Å². The highest BCUT2D eigenvalue weighted by molar-refractivity contribution is 5.34. The molecule has 1 aliphatic carbocycles. The van der Waals surface area contributed by atoms with Gasteiger partial charge in [-0.1, -0.05) is 31.2 Å². The molecule has 0 fully saturated rings. The average molecular weight is 287 g/mol. The van der Waals surface area contributed by atoms with Crippen molar-refractivity contribution in [3.63, 3.8) is 0 Å². The molecule has 0 radical (unpaired) electrons. The topological polar surface area (TPSA) is 12.0 Å². The maximum absolute atomic E-state index is 14.1. The molecule has 3 heteroatoms. The van der Waals surface area contributed by atoms with E-state index in [9.17, 15) is 8.78 Å². The molecule has 0 bridgehead atoms. The van der Waals surface area contributed by atoms with Gasteiger partial charge < -0.3 is 5.32 Å². The molecule has 0 spiro atoms. The quantitative estimate of drug-likeness (QED) is 0.895. The Morgan fingerprint density at radius 1 is 1.10 bits per heavy atom. The molecule has 1 unspecified atom stereocenters. The van der Waals surface area contributed by atoms with Crippen molar-refractivity contribution in [3.8, 4) is 0 Å². The highest BCUT2D eigenvalue weighted by Gasteiger charge is 2.30. The Hall–Kier alpha value is -1.74. The summed E-state index contributed by atoms with van der Waals surface area (Å²) in [5, 5.41) is 3.34. The van der Waals surface area contributed by atoms with Crippen LogP contribution in [0.25, 0.3) is 0 Å². The molecule has 0 aliphatic heterocycles. The van der Waals surface area contributed by atoms with Gasteiger partial charge in [0.1, 0.15) is 11.6 Å². The molecule has 0 saturated carbocycles. The molecule has 1 atom stereocenters. The smallest absolute Gasteiger partial charge is 0.128 e. The van der Waals surface area contributed by atoms with Gasteiger partial charge >= 0.3 is 0 Å². The van der Waals surface area contributed by atoms with Crippen LogP contribution in [0.2, 0.25) is 0 Å². The summed E-state index contributed by atoms with van der Waals surface area (Å²) in [5.74, 6) is -0.457. The maximum atomic E-state index is 14.1. The first-order chi connectivity index (χ1) is 10.2. The SMILES string of the molecule is CCNC(c1cc(F)ccc1F)C1Cc2ccccc2C1. The predicted molar refractivity (Wildman–Crippen MR) is 80.1 cm³/mol. The fourth-order valence-corrected chi connectivity index (χ4v) is 3.33. The molecule has 0 amide bonds. The van der Waals surface area contributed by atoms with Crippen molar-refractivity contribution in [2.45, 2.75) is 25.8 Å². The highest BCUT2D eigenvalue weighted by Crippen LogP contribution is 2.36. The maximum Gasteiger partial charge on any atom is 0.128 e. The Morgan fingerprint density at radius 3 is 2.38 bits per heavy atom. The van der Waals surface area contributed by atoms with Gasteiger partial charge in [0.2, 0.25) is 0 Å². The number of nitrogens with one attached hydrogen (secondary N) is 1. The second-order valence-electron chi connectivity index (χ2n) is 5.64. The van der Waals surface area contributed by atoms with Gasteiger partial charge in [-0.3, -0.25) is 0 Å². The van der Waals surface area contributed by atoms with Crippen molar-refractivity contribution in [2.75, 3.05) is 6.54 Å².